The monoisotopic (exact) mass is 218 g/mol. The maximum Gasteiger partial charge on any atom is 0.231 e. The predicted molar refractivity (Wildman–Crippen MR) is 61.7 cm³/mol. The van der Waals surface area contributed by atoms with E-state index in [2.05, 4.69) is 9.97 Å². The fourth-order valence-corrected chi connectivity index (χ4v) is 1.62. The van der Waals surface area contributed by atoms with Crippen molar-refractivity contribution in [2.24, 2.45) is 0 Å². The Hall–Kier alpha value is -1.84. The third-order valence-corrected chi connectivity index (χ3v) is 2.34. The lowest BCUT2D eigenvalue weighted by Gasteiger charge is -2.02. The van der Waals surface area contributed by atoms with Gasteiger partial charge in [0, 0.05) is 11.1 Å². The zero-order valence-electron chi connectivity index (χ0n) is 9.65. The second kappa shape index (κ2) is 4.35. The van der Waals surface area contributed by atoms with Crippen molar-refractivity contribution in [2.75, 3.05) is 6.79 Å². The molecule has 1 aliphatic heterocycles. The minimum Gasteiger partial charge on any atom is -0.454 e. The Kier molecular flexibility index (Phi) is 2.90. The van der Waals surface area contributed by atoms with Crippen molar-refractivity contribution in [2.45, 2.75) is 20.8 Å². The number of rotatable bonds is 0. The molecule has 0 unspecified atom stereocenters. The first kappa shape index (κ1) is 10.7. The van der Waals surface area contributed by atoms with E-state index < -0.39 is 0 Å². The molecule has 0 spiro atoms. The Morgan fingerprint density at radius 2 is 1.94 bits per heavy atom. The van der Waals surface area contributed by atoms with Crippen LogP contribution in [-0.2, 0) is 0 Å². The molecule has 0 atom stereocenters. The molecule has 0 fully saturated rings. The van der Waals surface area contributed by atoms with Crippen LogP contribution < -0.4 is 9.47 Å². The van der Waals surface area contributed by atoms with Crippen molar-refractivity contribution < 1.29 is 9.47 Å². The molecule has 0 aliphatic carbocycles. The molecule has 2 aromatic rings. The fourth-order valence-electron chi connectivity index (χ4n) is 1.62. The van der Waals surface area contributed by atoms with E-state index in [0.29, 0.717) is 0 Å². The summed E-state index contributed by atoms with van der Waals surface area (Å²) in [6.45, 7) is 6.23. The highest BCUT2D eigenvalue weighted by molar-refractivity contribution is 5.88. The van der Waals surface area contributed by atoms with Crippen LogP contribution in [0, 0.1) is 6.92 Å². The van der Waals surface area contributed by atoms with Gasteiger partial charge in [0.15, 0.2) is 11.5 Å². The maximum atomic E-state index is 5.35. The second-order valence-corrected chi connectivity index (χ2v) is 3.15. The standard InChI is InChI=1S/C10H8N2O2.C2H6/c1-6-7-2-3-8-10(14-5-13-8)9(7)12-4-11-6;1-2/h2-4H,5H2,1H3;1-2H3. The van der Waals surface area contributed by atoms with E-state index >= 15 is 0 Å². The van der Waals surface area contributed by atoms with Crippen LogP contribution >= 0.6 is 0 Å². The summed E-state index contributed by atoms with van der Waals surface area (Å²) in [6, 6.07) is 3.85. The molecular weight excluding hydrogens is 204 g/mol. The molecule has 0 saturated carbocycles. The molecule has 2 heterocycles. The van der Waals surface area contributed by atoms with E-state index in [-0.39, 0.29) is 6.79 Å². The molecule has 1 aliphatic rings. The van der Waals surface area contributed by atoms with Gasteiger partial charge >= 0.3 is 0 Å². The van der Waals surface area contributed by atoms with Gasteiger partial charge in [0.05, 0.1) is 0 Å². The van der Waals surface area contributed by atoms with Crippen molar-refractivity contribution in [3.8, 4) is 11.5 Å². The molecule has 3 rings (SSSR count). The summed E-state index contributed by atoms with van der Waals surface area (Å²) in [4.78, 5) is 8.32. The van der Waals surface area contributed by atoms with Gasteiger partial charge in [0.1, 0.15) is 11.8 Å². The largest absolute Gasteiger partial charge is 0.454 e. The van der Waals surface area contributed by atoms with Gasteiger partial charge in [0.25, 0.3) is 0 Å². The quantitative estimate of drug-likeness (QED) is 0.682. The molecule has 4 heteroatoms. The maximum absolute atomic E-state index is 5.35. The predicted octanol–water partition coefficient (Wildman–Crippen LogP) is 2.69. The van der Waals surface area contributed by atoms with Gasteiger partial charge in [-0.15, -0.1) is 0 Å². The van der Waals surface area contributed by atoms with Gasteiger partial charge in [-0.05, 0) is 19.1 Å². The summed E-state index contributed by atoms with van der Waals surface area (Å²) in [5.41, 5.74) is 1.78. The molecule has 4 nitrogen and oxygen atoms in total. The van der Waals surface area contributed by atoms with E-state index in [1.54, 1.807) is 6.33 Å². The van der Waals surface area contributed by atoms with Crippen LogP contribution in [0.15, 0.2) is 18.5 Å². The van der Waals surface area contributed by atoms with Gasteiger partial charge in [-0.2, -0.15) is 0 Å². The van der Waals surface area contributed by atoms with Crippen LogP contribution in [0.4, 0.5) is 0 Å². The second-order valence-electron chi connectivity index (χ2n) is 3.15. The Bertz CT molecular complexity index is 512. The zero-order valence-corrected chi connectivity index (χ0v) is 9.65. The molecule has 0 amide bonds. The van der Waals surface area contributed by atoms with Gasteiger partial charge in [-0.25, -0.2) is 9.97 Å². The Labute approximate surface area is 94.2 Å². The highest BCUT2D eigenvalue weighted by Crippen LogP contribution is 2.38. The van der Waals surface area contributed by atoms with Crippen LogP contribution in [0.25, 0.3) is 10.9 Å². The lowest BCUT2D eigenvalue weighted by atomic mass is 10.2. The number of fused-ring (bicyclic) bond motifs is 3. The number of nitrogens with zero attached hydrogens (tertiary/aromatic N) is 2. The topological polar surface area (TPSA) is 44.2 Å². The third-order valence-electron chi connectivity index (χ3n) is 2.34. The molecule has 1 aromatic heterocycles. The molecule has 0 saturated heterocycles. The Morgan fingerprint density at radius 3 is 2.75 bits per heavy atom. The summed E-state index contributed by atoms with van der Waals surface area (Å²) in [7, 11) is 0. The van der Waals surface area contributed by atoms with E-state index in [9.17, 15) is 0 Å². The van der Waals surface area contributed by atoms with Crippen molar-refractivity contribution in [1.82, 2.24) is 9.97 Å². The summed E-state index contributed by atoms with van der Waals surface area (Å²) in [6.07, 6.45) is 1.54. The Morgan fingerprint density at radius 1 is 1.12 bits per heavy atom. The molecular formula is C12H14N2O2. The average Bonchev–Trinajstić information content (AvgIpc) is 2.80. The first-order valence-electron chi connectivity index (χ1n) is 5.36. The molecule has 16 heavy (non-hydrogen) atoms. The number of hydrogen-bond acceptors (Lipinski definition) is 4. The smallest absolute Gasteiger partial charge is 0.231 e. The zero-order chi connectivity index (χ0) is 11.5. The van der Waals surface area contributed by atoms with E-state index in [4.69, 9.17) is 9.47 Å². The molecule has 84 valence electrons. The van der Waals surface area contributed by atoms with E-state index in [0.717, 1.165) is 28.1 Å². The average molecular weight is 218 g/mol. The normalized spacial score (nSPS) is 12.2. The third kappa shape index (κ3) is 1.56. The van der Waals surface area contributed by atoms with Crippen molar-refractivity contribution >= 4 is 10.9 Å². The summed E-state index contributed by atoms with van der Waals surface area (Å²) < 4.78 is 10.6. The molecule has 0 N–H and O–H groups in total. The van der Waals surface area contributed by atoms with Crippen molar-refractivity contribution in [1.29, 1.82) is 0 Å². The summed E-state index contributed by atoms with van der Waals surface area (Å²) >= 11 is 0. The lowest BCUT2D eigenvalue weighted by molar-refractivity contribution is 0.174. The first-order chi connectivity index (χ1) is 7.86. The first-order valence-corrected chi connectivity index (χ1v) is 5.36. The number of aromatic nitrogens is 2. The van der Waals surface area contributed by atoms with Crippen LogP contribution in [-0.4, -0.2) is 16.8 Å². The van der Waals surface area contributed by atoms with Crippen LogP contribution in [0.3, 0.4) is 0 Å². The highest BCUT2D eigenvalue weighted by atomic mass is 16.7. The van der Waals surface area contributed by atoms with Gasteiger partial charge in [-0.1, -0.05) is 13.8 Å². The molecule has 0 bridgehead atoms. The minimum absolute atomic E-state index is 0.275. The fraction of sp³-hybridized carbons (Fsp3) is 0.333. The number of ether oxygens (including phenoxy) is 2. The van der Waals surface area contributed by atoms with Gasteiger partial charge in [0.2, 0.25) is 6.79 Å². The van der Waals surface area contributed by atoms with Gasteiger partial charge in [-0.3, -0.25) is 0 Å². The minimum atomic E-state index is 0.275. The summed E-state index contributed by atoms with van der Waals surface area (Å²) in [5.74, 6) is 1.49. The Balaban J connectivity index is 0.000000457. The van der Waals surface area contributed by atoms with Crippen LogP contribution in [0.5, 0.6) is 11.5 Å². The van der Waals surface area contributed by atoms with Crippen molar-refractivity contribution in [3.05, 3.63) is 24.2 Å². The summed E-state index contributed by atoms with van der Waals surface area (Å²) in [5, 5.41) is 1.01. The molecule has 1 aromatic carbocycles. The van der Waals surface area contributed by atoms with E-state index in [1.807, 2.05) is 32.9 Å². The SMILES string of the molecule is CC.Cc1ncnc2c3c(ccc12)OCO3. The van der Waals surface area contributed by atoms with Crippen LogP contribution in [0.1, 0.15) is 19.5 Å². The number of benzene rings is 1. The number of hydrogen-bond donors (Lipinski definition) is 0. The number of aryl methyl sites for hydroxylation is 1. The highest BCUT2D eigenvalue weighted by Gasteiger charge is 2.18. The van der Waals surface area contributed by atoms with E-state index in [1.165, 1.54) is 0 Å². The molecule has 0 radical (unpaired) electrons. The van der Waals surface area contributed by atoms with Crippen molar-refractivity contribution in [3.63, 3.8) is 0 Å². The lowest BCUT2D eigenvalue weighted by Crippen LogP contribution is -1.93. The van der Waals surface area contributed by atoms with Crippen LogP contribution in [0.2, 0.25) is 0 Å². The van der Waals surface area contributed by atoms with Gasteiger partial charge < -0.3 is 9.47 Å².